The molecular formula is C10H10N2O3S. The van der Waals surface area contributed by atoms with Crippen LogP contribution in [0.5, 0.6) is 0 Å². The zero-order valence-electron chi connectivity index (χ0n) is 8.67. The third-order valence-corrected chi connectivity index (χ3v) is 2.92. The standard InChI is InChI=1S/C10H10N2O3S/c1-11-9-5-8(3-4-16(2,14)15)10(7-13)12-6-9/h5-7H,3-4H2,2H3. The van der Waals surface area contributed by atoms with Gasteiger partial charge in [0, 0.05) is 12.5 Å². The van der Waals surface area contributed by atoms with Crippen molar-refractivity contribution in [2.45, 2.75) is 6.42 Å². The number of pyridine rings is 1. The number of hydrogen-bond donors (Lipinski definition) is 0. The molecule has 0 aliphatic heterocycles. The van der Waals surface area contributed by atoms with Gasteiger partial charge in [0.25, 0.3) is 0 Å². The molecule has 0 aliphatic rings. The Kier molecular flexibility index (Phi) is 3.74. The lowest BCUT2D eigenvalue weighted by atomic mass is 10.1. The highest BCUT2D eigenvalue weighted by atomic mass is 32.2. The van der Waals surface area contributed by atoms with E-state index in [1.54, 1.807) is 0 Å². The molecular weight excluding hydrogens is 228 g/mol. The second kappa shape index (κ2) is 4.86. The maximum Gasteiger partial charge on any atom is 0.205 e. The number of rotatable bonds is 4. The molecule has 0 bridgehead atoms. The number of sulfone groups is 1. The highest BCUT2D eigenvalue weighted by Crippen LogP contribution is 2.15. The molecule has 0 aromatic carbocycles. The van der Waals surface area contributed by atoms with Gasteiger partial charge in [0.2, 0.25) is 5.69 Å². The SMILES string of the molecule is [C-]#[N+]c1cnc(C=O)c(CCS(C)(=O)=O)c1. The van der Waals surface area contributed by atoms with Crippen molar-refractivity contribution in [1.29, 1.82) is 0 Å². The van der Waals surface area contributed by atoms with Gasteiger partial charge in [-0.25, -0.2) is 13.3 Å². The van der Waals surface area contributed by atoms with Crippen LogP contribution < -0.4 is 0 Å². The minimum absolute atomic E-state index is 0.0586. The topological polar surface area (TPSA) is 68.5 Å². The van der Waals surface area contributed by atoms with Crippen LogP contribution in [0, 0.1) is 6.57 Å². The van der Waals surface area contributed by atoms with Crippen molar-refractivity contribution in [3.63, 3.8) is 0 Å². The molecule has 0 saturated carbocycles. The second-order valence-electron chi connectivity index (χ2n) is 3.35. The molecule has 6 heteroatoms. The summed E-state index contributed by atoms with van der Waals surface area (Å²) >= 11 is 0. The Balaban J connectivity index is 3.01. The third-order valence-electron chi connectivity index (χ3n) is 1.97. The van der Waals surface area contributed by atoms with Crippen molar-refractivity contribution in [3.8, 4) is 0 Å². The molecule has 0 radical (unpaired) electrons. The highest BCUT2D eigenvalue weighted by molar-refractivity contribution is 7.90. The van der Waals surface area contributed by atoms with Crippen LogP contribution in [0.15, 0.2) is 12.3 Å². The Morgan fingerprint density at radius 1 is 1.56 bits per heavy atom. The lowest BCUT2D eigenvalue weighted by Crippen LogP contribution is -2.08. The van der Waals surface area contributed by atoms with E-state index in [1.807, 2.05) is 0 Å². The van der Waals surface area contributed by atoms with Crippen molar-refractivity contribution in [3.05, 3.63) is 34.9 Å². The Hall–Kier alpha value is -1.74. The number of carbonyl (C=O) groups is 1. The largest absolute Gasteiger partial charge is 0.296 e. The van der Waals surface area contributed by atoms with Crippen LogP contribution in [0.4, 0.5) is 5.69 Å². The number of carbonyl (C=O) groups excluding carboxylic acids is 1. The van der Waals surface area contributed by atoms with Crippen molar-refractivity contribution in [2.75, 3.05) is 12.0 Å². The molecule has 84 valence electrons. The summed E-state index contributed by atoms with van der Waals surface area (Å²) < 4.78 is 22.0. The molecule has 0 spiro atoms. The summed E-state index contributed by atoms with van der Waals surface area (Å²) in [7, 11) is -3.09. The number of nitrogens with zero attached hydrogens (tertiary/aromatic N) is 2. The van der Waals surface area contributed by atoms with E-state index < -0.39 is 9.84 Å². The molecule has 0 aliphatic carbocycles. The van der Waals surface area contributed by atoms with E-state index in [0.29, 0.717) is 17.5 Å². The van der Waals surface area contributed by atoms with Gasteiger partial charge < -0.3 is 0 Å². The molecule has 1 heterocycles. The Morgan fingerprint density at radius 2 is 2.25 bits per heavy atom. The fourth-order valence-corrected chi connectivity index (χ4v) is 1.76. The third kappa shape index (κ3) is 3.44. The zero-order valence-corrected chi connectivity index (χ0v) is 9.49. The predicted octanol–water partition coefficient (Wildman–Crippen LogP) is 1.03. The van der Waals surface area contributed by atoms with E-state index in [1.165, 1.54) is 12.3 Å². The van der Waals surface area contributed by atoms with Gasteiger partial charge in [-0.2, -0.15) is 0 Å². The second-order valence-corrected chi connectivity index (χ2v) is 5.61. The van der Waals surface area contributed by atoms with Crippen LogP contribution in [0.3, 0.4) is 0 Å². The number of aryl methyl sites for hydroxylation is 1. The minimum atomic E-state index is -3.09. The quantitative estimate of drug-likeness (QED) is 0.580. The van der Waals surface area contributed by atoms with E-state index >= 15 is 0 Å². The van der Waals surface area contributed by atoms with Crippen LogP contribution in [-0.2, 0) is 16.3 Å². The molecule has 0 N–H and O–H groups in total. The molecule has 0 atom stereocenters. The first-order valence-electron chi connectivity index (χ1n) is 4.45. The zero-order chi connectivity index (χ0) is 12.2. The van der Waals surface area contributed by atoms with Crippen molar-refractivity contribution >= 4 is 21.8 Å². The molecule has 5 nitrogen and oxygen atoms in total. The maximum absolute atomic E-state index is 11.0. The van der Waals surface area contributed by atoms with E-state index in [4.69, 9.17) is 6.57 Å². The van der Waals surface area contributed by atoms with Crippen LogP contribution in [0.2, 0.25) is 0 Å². The van der Waals surface area contributed by atoms with Gasteiger partial charge in [-0.3, -0.25) is 9.78 Å². The van der Waals surface area contributed by atoms with Crippen LogP contribution >= 0.6 is 0 Å². The van der Waals surface area contributed by atoms with Crippen LogP contribution in [0.1, 0.15) is 16.1 Å². The molecule has 1 rings (SSSR count). The summed E-state index contributed by atoms with van der Waals surface area (Å²) in [5, 5.41) is 0. The fraction of sp³-hybridized carbons (Fsp3) is 0.300. The summed E-state index contributed by atoms with van der Waals surface area (Å²) in [6, 6.07) is 1.49. The minimum Gasteiger partial charge on any atom is -0.296 e. The smallest absolute Gasteiger partial charge is 0.205 e. The first-order valence-corrected chi connectivity index (χ1v) is 6.51. The molecule has 1 aromatic heterocycles. The number of aldehydes is 1. The Morgan fingerprint density at radius 3 is 2.75 bits per heavy atom. The molecule has 0 amide bonds. The summed E-state index contributed by atoms with van der Waals surface area (Å²) in [6.45, 7) is 6.80. The van der Waals surface area contributed by atoms with Gasteiger partial charge in [-0.05, 0) is 18.1 Å². The van der Waals surface area contributed by atoms with Gasteiger partial charge in [0.1, 0.15) is 15.5 Å². The monoisotopic (exact) mass is 238 g/mol. The van der Waals surface area contributed by atoms with Gasteiger partial charge in [-0.15, -0.1) is 0 Å². The summed E-state index contributed by atoms with van der Waals surface area (Å²) in [5.74, 6) is -0.0586. The molecule has 1 aromatic rings. The fourth-order valence-electron chi connectivity index (χ4n) is 1.17. The predicted molar refractivity (Wildman–Crippen MR) is 59.3 cm³/mol. The molecule has 16 heavy (non-hydrogen) atoms. The Labute approximate surface area is 93.9 Å². The van der Waals surface area contributed by atoms with Gasteiger partial charge in [0.15, 0.2) is 6.29 Å². The van der Waals surface area contributed by atoms with E-state index in [0.717, 1.165) is 6.26 Å². The lowest BCUT2D eigenvalue weighted by Gasteiger charge is -2.03. The summed E-state index contributed by atoms with van der Waals surface area (Å²) in [5.41, 5.74) is 0.985. The number of hydrogen-bond acceptors (Lipinski definition) is 4. The molecule has 0 saturated heterocycles. The molecule has 0 fully saturated rings. The maximum atomic E-state index is 11.0. The van der Waals surface area contributed by atoms with E-state index in [9.17, 15) is 13.2 Å². The van der Waals surface area contributed by atoms with E-state index in [-0.39, 0.29) is 17.9 Å². The summed E-state index contributed by atoms with van der Waals surface area (Å²) in [4.78, 5) is 17.6. The first kappa shape index (κ1) is 12.3. The van der Waals surface area contributed by atoms with Crippen LogP contribution in [-0.4, -0.2) is 31.7 Å². The average molecular weight is 238 g/mol. The van der Waals surface area contributed by atoms with Crippen molar-refractivity contribution in [1.82, 2.24) is 4.98 Å². The first-order chi connectivity index (χ1) is 7.46. The van der Waals surface area contributed by atoms with Gasteiger partial charge >= 0.3 is 0 Å². The average Bonchev–Trinajstić information content (AvgIpc) is 2.25. The van der Waals surface area contributed by atoms with Crippen molar-refractivity contribution < 1.29 is 13.2 Å². The van der Waals surface area contributed by atoms with Crippen LogP contribution in [0.25, 0.3) is 4.85 Å². The van der Waals surface area contributed by atoms with Gasteiger partial charge in [-0.1, -0.05) is 0 Å². The van der Waals surface area contributed by atoms with Crippen molar-refractivity contribution in [2.24, 2.45) is 0 Å². The van der Waals surface area contributed by atoms with Gasteiger partial charge in [0.05, 0.1) is 12.3 Å². The highest BCUT2D eigenvalue weighted by Gasteiger charge is 2.08. The lowest BCUT2D eigenvalue weighted by molar-refractivity contribution is 0.111. The molecule has 0 unspecified atom stereocenters. The summed E-state index contributed by atoms with van der Waals surface area (Å²) in [6.07, 6.45) is 3.18. The van der Waals surface area contributed by atoms with E-state index in [2.05, 4.69) is 9.83 Å². The Bertz CT molecular complexity index is 544. The number of aromatic nitrogens is 1. The normalized spacial score (nSPS) is 10.8.